The normalized spacial score (nSPS) is 10.9. The zero-order chi connectivity index (χ0) is 16.0. The minimum Gasteiger partial charge on any atom is -0.482 e. The van der Waals surface area contributed by atoms with Gasteiger partial charge >= 0.3 is 11.9 Å². The molecule has 1 aromatic heterocycles. The van der Waals surface area contributed by atoms with Gasteiger partial charge in [-0.05, 0) is 20.8 Å². The number of aliphatic hydroxyl groups excluding tert-OH is 1. The fourth-order valence-electron chi connectivity index (χ4n) is 1.45. The molecular formula is C14H19NO6. The summed E-state index contributed by atoms with van der Waals surface area (Å²) in [4.78, 5) is 26.9. The topological polar surface area (TPSA) is 95.0 Å². The first-order valence-corrected chi connectivity index (χ1v) is 6.30. The lowest BCUT2D eigenvalue weighted by molar-refractivity contribution is -0.157. The summed E-state index contributed by atoms with van der Waals surface area (Å²) in [5.74, 6) is -0.975. The van der Waals surface area contributed by atoms with E-state index in [2.05, 4.69) is 9.72 Å². The molecule has 0 amide bonds. The van der Waals surface area contributed by atoms with Gasteiger partial charge in [0, 0.05) is 12.1 Å². The van der Waals surface area contributed by atoms with Crippen LogP contribution in [-0.2, 0) is 20.9 Å². The number of nitrogens with zero attached hydrogens (tertiary/aromatic N) is 1. The molecule has 0 aliphatic carbocycles. The van der Waals surface area contributed by atoms with E-state index in [1.54, 1.807) is 20.8 Å². The highest BCUT2D eigenvalue weighted by molar-refractivity contribution is 5.87. The van der Waals surface area contributed by atoms with Crippen LogP contribution in [0.5, 0.6) is 5.75 Å². The molecule has 1 aromatic rings. The molecule has 116 valence electrons. The number of esters is 2. The lowest BCUT2D eigenvalue weighted by Crippen LogP contribution is -2.27. The van der Waals surface area contributed by atoms with Gasteiger partial charge in [-0.15, -0.1) is 0 Å². The van der Waals surface area contributed by atoms with Crippen molar-refractivity contribution < 1.29 is 28.9 Å². The minimum atomic E-state index is -0.660. The van der Waals surface area contributed by atoms with Crippen molar-refractivity contribution in [3.63, 3.8) is 0 Å². The van der Waals surface area contributed by atoms with Crippen molar-refractivity contribution in [1.82, 2.24) is 4.98 Å². The van der Waals surface area contributed by atoms with Crippen molar-refractivity contribution in [1.29, 1.82) is 0 Å². The fourth-order valence-corrected chi connectivity index (χ4v) is 1.45. The van der Waals surface area contributed by atoms with Gasteiger partial charge in [-0.2, -0.15) is 0 Å². The van der Waals surface area contributed by atoms with Crippen LogP contribution in [0.4, 0.5) is 0 Å². The second-order valence-electron chi connectivity index (χ2n) is 5.20. The number of carbonyl (C=O) groups excluding carboxylic acids is 2. The van der Waals surface area contributed by atoms with Crippen LogP contribution in [0.2, 0.25) is 0 Å². The molecule has 0 atom stereocenters. The summed E-state index contributed by atoms with van der Waals surface area (Å²) >= 11 is 0. The van der Waals surface area contributed by atoms with Gasteiger partial charge in [-0.25, -0.2) is 14.6 Å². The third kappa shape index (κ3) is 5.78. The van der Waals surface area contributed by atoms with Crippen LogP contribution < -0.4 is 4.74 Å². The van der Waals surface area contributed by atoms with Crippen LogP contribution >= 0.6 is 0 Å². The van der Waals surface area contributed by atoms with E-state index < -0.39 is 17.5 Å². The Morgan fingerprint density at radius 3 is 2.48 bits per heavy atom. The zero-order valence-corrected chi connectivity index (χ0v) is 12.5. The molecule has 0 spiro atoms. The average Bonchev–Trinajstić information content (AvgIpc) is 2.42. The Morgan fingerprint density at radius 2 is 1.95 bits per heavy atom. The molecule has 1 N–H and O–H groups in total. The zero-order valence-electron chi connectivity index (χ0n) is 12.5. The highest BCUT2D eigenvalue weighted by atomic mass is 16.6. The summed E-state index contributed by atoms with van der Waals surface area (Å²) in [6, 6.07) is 2.76. The van der Waals surface area contributed by atoms with E-state index in [9.17, 15) is 9.59 Å². The smallest absolute Gasteiger partial charge is 0.356 e. The summed E-state index contributed by atoms with van der Waals surface area (Å²) in [6.45, 7) is 4.56. The van der Waals surface area contributed by atoms with E-state index in [0.717, 1.165) is 0 Å². The highest BCUT2D eigenvalue weighted by Gasteiger charge is 2.17. The molecule has 0 unspecified atom stereocenters. The summed E-state index contributed by atoms with van der Waals surface area (Å²) in [6.07, 6.45) is 0. The quantitative estimate of drug-likeness (QED) is 0.812. The van der Waals surface area contributed by atoms with Crippen molar-refractivity contribution in [2.45, 2.75) is 33.0 Å². The van der Waals surface area contributed by atoms with Crippen molar-refractivity contribution >= 4 is 11.9 Å². The first-order valence-electron chi connectivity index (χ1n) is 6.30. The summed E-state index contributed by atoms with van der Waals surface area (Å²) in [5.41, 5.74) is -0.383. The highest BCUT2D eigenvalue weighted by Crippen LogP contribution is 2.16. The van der Waals surface area contributed by atoms with Crippen LogP contribution in [-0.4, -0.2) is 41.3 Å². The number of methoxy groups -OCH3 is 1. The maximum Gasteiger partial charge on any atom is 0.356 e. The number of carbonyl (C=O) groups is 2. The van der Waals surface area contributed by atoms with Crippen LogP contribution in [0.3, 0.4) is 0 Å². The third-order valence-electron chi connectivity index (χ3n) is 2.19. The molecule has 0 fully saturated rings. The number of rotatable bonds is 5. The van der Waals surface area contributed by atoms with Crippen LogP contribution in [0, 0.1) is 0 Å². The Morgan fingerprint density at radius 1 is 1.29 bits per heavy atom. The van der Waals surface area contributed by atoms with Crippen molar-refractivity contribution in [2.24, 2.45) is 0 Å². The van der Waals surface area contributed by atoms with Crippen LogP contribution in [0.25, 0.3) is 0 Å². The van der Waals surface area contributed by atoms with Crippen molar-refractivity contribution in [3.05, 3.63) is 23.5 Å². The van der Waals surface area contributed by atoms with Gasteiger partial charge in [0.25, 0.3) is 0 Å². The monoisotopic (exact) mass is 297 g/mol. The van der Waals surface area contributed by atoms with Gasteiger partial charge in [0.15, 0.2) is 12.3 Å². The second-order valence-corrected chi connectivity index (χ2v) is 5.20. The Balaban J connectivity index is 2.79. The predicted octanol–water partition coefficient (Wildman–Crippen LogP) is 1.08. The molecule has 0 saturated carbocycles. The Labute approximate surface area is 122 Å². The number of hydrogen-bond acceptors (Lipinski definition) is 7. The van der Waals surface area contributed by atoms with E-state index >= 15 is 0 Å². The van der Waals surface area contributed by atoms with Gasteiger partial charge in [-0.1, -0.05) is 0 Å². The first-order chi connectivity index (χ1) is 9.75. The number of pyridine rings is 1. The summed E-state index contributed by atoms with van der Waals surface area (Å²) in [5, 5.41) is 9.11. The third-order valence-corrected chi connectivity index (χ3v) is 2.19. The van der Waals surface area contributed by atoms with Gasteiger partial charge in [0.2, 0.25) is 0 Å². The second kappa shape index (κ2) is 7.03. The van der Waals surface area contributed by atoms with E-state index in [1.165, 1.54) is 19.2 Å². The fraction of sp³-hybridized carbons (Fsp3) is 0.500. The SMILES string of the molecule is COC(=O)c1cc(OCC(=O)OC(C)(C)C)cc(CO)n1. The maximum absolute atomic E-state index is 11.6. The molecule has 0 bridgehead atoms. The summed E-state index contributed by atoms with van der Waals surface area (Å²) < 4.78 is 14.9. The molecule has 0 radical (unpaired) electrons. The Kier molecular flexibility index (Phi) is 5.66. The molecule has 0 aliphatic rings. The minimum absolute atomic E-state index is 0.0109. The molecular weight excluding hydrogens is 278 g/mol. The van der Waals surface area contributed by atoms with E-state index in [0.29, 0.717) is 0 Å². The Bertz CT molecular complexity index is 521. The number of aliphatic hydroxyl groups is 1. The largest absolute Gasteiger partial charge is 0.482 e. The van der Waals surface area contributed by atoms with Crippen LogP contribution in [0.15, 0.2) is 12.1 Å². The molecule has 21 heavy (non-hydrogen) atoms. The predicted molar refractivity (Wildman–Crippen MR) is 72.8 cm³/mol. The molecule has 7 heteroatoms. The summed E-state index contributed by atoms with van der Waals surface area (Å²) in [7, 11) is 1.22. The van der Waals surface area contributed by atoms with E-state index in [4.69, 9.17) is 14.6 Å². The lowest BCUT2D eigenvalue weighted by Gasteiger charge is -2.19. The molecule has 1 heterocycles. The van der Waals surface area contributed by atoms with Crippen molar-refractivity contribution in [3.8, 4) is 5.75 Å². The number of ether oxygens (including phenoxy) is 3. The van der Waals surface area contributed by atoms with E-state index in [-0.39, 0.29) is 30.4 Å². The molecule has 1 rings (SSSR count). The molecule has 0 aliphatic heterocycles. The maximum atomic E-state index is 11.6. The van der Waals surface area contributed by atoms with E-state index in [1.807, 2.05) is 0 Å². The average molecular weight is 297 g/mol. The number of aromatic nitrogens is 1. The van der Waals surface area contributed by atoms with Gasteiger partial charge < -0.3 is 19.3 Å². The molecule has 0 saturated heterocycles. The molecule has 7 nitrogen and oxygen atoms in total. The lowest BCUT2D eigenvalue weighted by atomic mass is 10.2. The standard InChI is InChI=1S/C14H19NO6/c1-14(2,3)21-12(17)8-20-10-5-9(7-16)15-11(6-10)13(18)19-4/h5-6,16H,7-8H2,1-4H3. The van der Waals surface area contributed by atoms with Gasteiger partial charge in [0.1, 0.15) is 11.4 Å². The van der Waals surface area contributed by atoms with Crippen molar-refractivity contribution in [2.75, 3.05) is 13.7 Å². The molecule has 0 aromatic carbocycles. The van der Waals surface area contributed by atoms with Crippen LogP contribution in [0.1, 0.15) is 37.0 Å². The number of hydrogen-bond donors (Lipinski definition) is 1. The van der Waals surface area contributed by atoms with Gasteiger partial charge in [-0.3, -0.25) is 0 Å². The van der Waals surface area contributed by atoms with Gasteiger partial charge in [0.05, 0.1) is 19.4 Å². The first kappa shape index (κ1) is 16.9. The Hall–Kier alpha value is -2.15.